The first-order valence-corrected chi connectivity index (χ1v) is 13.3. The van der Waals surface area contributed by atoms with Crippen LogP contribution in [0.25, 0.3) is 16.9 Å². The molecule has 4 aromatic rings. The molecule has 9 heteroatoms. The Morgan fingerprint density at radius 1 is 0.829 bits per heavy atom. The Labute approximate surface area is 239 Å². The van der Waals surface area contributed by atoms with Gasteiger partial charge < -0.3 is 29.2 Å². The number of benzene rings is 3. The number of urea groups is 1. The van der Waals surface area contributed by atoms with Crippen molar-refractivity contribution in [3.8, 4) is 34.5 Å². The molecule has 1 fully saturated rings. The van der Waals surface area contributed by atoms with Crippen molar-refractivity contribution in [3.05, 3.63) is 95.7 Å². The molecule has 1 aliphatic heterocycles. The number of ether oxygens (including phenoxy) is 2. The van der Waals surface area contributed by atoms with E-state index in [0.29, 0.717) is 43.0 Å². The van der Waals surface area contributed by atoms with Crippen LogP contribution >= 0.6 is 0 Å². The third kappa shape index (κ3) is 5.72. The van der Waals surface area contributed by atoms with Crippen molar-refractivity contribution >= 4 is 17.6 Å². The summed E-state index contributed by atoms with van der Waals surface area (Å²) in [4.78, 5) is 30.1. The molecule has 0 aliphatic carbocycles. The fourth-order valence-electron chi connectivity index (χ4n) is 5.03. The molecule has 1 aromatic heterocycles. The van der Waals surface area contributed by atoms with E-state index in [1.165, 1.54) is 0 Å². The Kier molecular flexibility index (Phi) is 7.92. The van der Waals surface area contributed by atoms with Crippen LogP contribution in [0.1, 0.15) is 21.6 Å². The van der Waals surface area contributed by atoms with E-state index >= 15 is 0 Å². The monoisotopic (exact) mass is 549 g/mol. The van der Waals surface area contributed by atoms with Crippen molar-refractivity contribution in [2.45, 2.75) is 6.92 Å². The van der Waals surface area contributed by atoms with Crippen LogP contribution in [-0.4, -0.2) is 66.7 Å². The number of hydrogen-bond donors (Lipinski definition) is 1. The Balaban J connectivity index is 1.38. The minimum absolute atomic E-state index is 0.0827. The van der Waals surface area contributed by atoms with Gasteiger partial charge in [0.25, 0.3) is 5.91 Å². The molecule has 208 valence electrons. The van der Waals surface area contributed by atoms with E-state index in [-0.39, 0.29) is 11.9 Å². The number of carbonyl (C=O) groups is 2. The van der Waals surface area contributed by atoms with Gasteiger partial charge in [-0.05, 0) is 73.2 Å². The molecule has 0 atom stereocenters. The molecule has 1 saturated heterocycles. The smallest absolute Gasteiger partial charge is 0.321 e. The quantitative estimate of drug-likeness (QED) is 0.350. The van der Waals surface area contributed by atoms with Gasteiger partial charge in [-0.15, -0.1) is 0 Å². The SMILES string of the molecule is COc1ccc(-c2cc(C(=O)N3CCN(C(=O)Nc4cccc(C#N)c4)CC3)c(C)n2-c2cccc(OC)c2)cc1. The maximum Gasteiger partial charge on any atom is 0.321 e. The van der Waals surface area contributed by atoms with Crippen molar-refractivity contribution in [1.82, 2.24) is 14.4 Å². The first kappa shape index (κ1) is 27.3. The lowest BCUT2D eigenvalue weighted by molar-refractivity contribution is 0.0671. The molecule has 0 radical (unpaired) electrons. The number of anilines is 1. The van der Waals surface area contributed by atoms with Crippen molar-refractivity contribution in [2.75, 3.05) is 45.7 Å². The molecule has 41 heavy (non-hydrogen) atoms. The molecule has 3 amide bonds. The number of carbonyl (C=O) groups excluding carboxylic acids is 2. The van der Waals surface area contributed by atoms with E-state index in [1.54, 1.807) is 48.3 Å². The highest BCUT2D eigenvalue weighted by molar-refractivity contribution is 5.98. The summed E-state index contributed by atoms with van der Waals surface area (Å²) in [5.74, 6) is 1.39. The predicted molar refractivity (Wildman–Crippen MR) is 157 cm³/mol. The second kappa shape index (κ2) is 11.9. The van der Waals surface area contributed by atoms with Gasteiger partial charge in [-0.2, -0.15) is 5.26 Å². The van der Waals surface area contributed by atoms with Crippen molar-refractivity contribution in [2.24, 2.45) is 0 Å². The van der Waals surface area contributed by atoms with Crippen molar-refractivity contribution < 1.29 is 19.1 Å². The van der Waals surface area contributed by atoms with E-state index < -0.39 is 0 Å². The lowest BCUT2D eigenvalue weighted by Gasteiger charge is -2.34. The molecule has 1 N–H and O–H groups in total. The molecular weight excluding hydrogens is 518 g/mol. The molecule has 1 aliphatic rings. The van der Waals surface area contributed by atoms with Gasteiger partial charge in [-0.3, -0.25) is 4.79 Å². The number of hydrogen-bond acceptors (Lipinski definition) is 5. The zero-order chi connectivity index (χ0) is 28.9. The Bertz CT molecular complexity index is 1610. The van der Waals surface area contributed by atoms with E-state index in [0.717, 1.165) is 34.1 Å². The number of nitriles is 1. The van der Waals surface area contributed by atoms with Crippen LogP contribution in [0.15, 0.2) is 78.9 Å². The summed E-state index contributed by atoms with van der Waals surface area (Å²) < 4.78 is 12.9. The van der Waals surface area contributed by atoms with Crippen LogP contribution in [0.3, 0.4) is 0 Å². The van der Waals surface area contributed by atoms with Crippen LogP contribution in [0, 0.1) is 18.3 Å². The van der Waals surface area contributed by atoms with Crippen molar-refractivity contribution in [1.29, 1.82) is 5.26 Å². The summed E-state index contributed by atoms with van der Waals surface area (Å²) in [7, 11) is 3.26. The summed E-state index contributed by atoms with van der Waals surface area (Å²) in [5.41, 5.74) is 5.15. The number of piperazine rings is 1. The zero-order valence-electron chi connectivity index (χ0n) is 23.3. The molecule has 3 aromatic carbocycles. The Hall–Kier alpha value is -5.23. The summed E-state index contributed by atoms with van der Waals surface area (Å²) in [6, 6.07) is 26.0. The number of rotatable bonds is 6. The average Bonchev–Trinajstić information content (AvgIpc) is 3.37. The number of amides is 3. The van der Waals surface area contributed by atoms with Crippen LogP contribution in [-0.2, 0) is 0 Å². The molecule has 0 unspecified atom stereocenters. The lowest BCUT2D eigenvalue weighted by atomic mass is 10.1. The molecule has 0 saturated carbocycles. The number of nitrogens with one attached hydrogen (secondary N) is 1. The largest absolute Gasteiger partial charge is 0.497 e. The maximum absolute atomic E-state index is 13.8. The van der Waals surface area contributed by atoms with E-state index in [9.17, 15) is 9.59 Å². The van der Waals surface area contributed by atoms with Gasteiger partial charge in [0.1, 0.15) is 11.5 Å². The minimum Gasteiger partial charge on any atom is -0.497 e. The third-order valence-electron chi connectivity index (χ3n) is 7.27. The Morgan fingerprint density at radius 2 is 1.51 bits per heavy atom. The lowest BCUT2D eigenvalue weighted by Crippen LogP contribution is -2.51. The Morgan fingerprint density at radius 3 is 2.20 bits per heavy atom. The van der Waals surface area contributed by atoms with Gasteiger partial charge in [-0.25, -0.2) is 4.79 Å². The third-order valence-corrected chi connectivity index (χ3v) is 7.27. The second-order valence-electron chi connectivity index (χ2n) is 9.70. The van der Waals surface area contributed by atoms with Gasteiger partial charge in [0, 0.05) is 49.3 Å². The minimum atomic E-state index is -0.255. The molecule has 0 spiro atoms. The van der Waals surface area contributed by atoms with Gasteiger partial charge in [0.05, 0.1) is 37.1 Å². The molecule has 5 rings (SSSR count). The highest BCUT2D eigenvalue weighted by Gasteiger charge is 2.28. The maximum atomic E-state index is 13.8. The number of aromatic nitrogens is 1. The summed E-state index contributed by atoms with van der Waals surface area (Å²) in [6.45, 7) is 3.56. The summed E-state index contributed by atoms with van der Waals surface area (Å²) in [6.07, 6.45) is 0. The molecule has 9 nitrogen and oxygen atoms in total. The highest BCUT2D eigenvalue weighted by Crippen LogP contribution is 2.32. The zero-order valence-corrected chi connectivity index (χ0v) is 23.3. The van der Waals surface area contributed by atoms with E-state index in [1.807, 2.05) is 61.5 Å². The normalized spacial score (nSPS) is 12.9. The van der Waals surface area contributed by atoms with Crippen molar-refractivity contribution in [3.63, 3.8) is 0 Å². The van der Waals surface area contributed by atoms with Crippen LogP contribution in [0.4, 0.5) is 10.5 Å². The van der Waals surface area contributed by atoms with E-state index in [4.69, 9.17) is 14.7 Å². The number of methoxy groups -OCH3 is 2. The highest BCUT2D eigenvalue weighted by atomic mass is 16.5. The molecule has 2 heterocycles. The fourth-order valence-corrected chi connectivity index (χ4v) is 5.03. The predicted octanol–water partition coefficient (Wildman–Crippen LogP) is 5.33. The topological polar surface area (TPSA) is 99.8 Å². The van der Waals surface area contributed by atoms with Gasteiger partial charge in [0.15, 0.2) is 0 Å². The number of nitrogens with zero attached hydrogens (tertiary/aromatic N) is 4. The van der Waals surface area contributed by atoms with Crippen LogP contribution in [0.5, 0.6) is 11.5 Å². The standard InChI is InChI=1S/C32H31N5O4/c1-22-29(31(38)35-14-16-36(17-15-35)32(39)34-25-7-4-6-23(18-25)21-33)20-30(24-10-12-27(40-2)13-11-24)37(22)26-8-5-9-28(19-26)41-3/h4-13,18-20H,14-17H2,1-3H3,(H,34,39). The first-order valence-electron chi connectivity index (χ1n) is 13.3. The van der Waals surface area contributed by atoms with Gasteiger partial charge in [-0.1, -0.05) is 12.1 Å². The van der Waals surface area contributed by atoms with Gasteiger partial charge >= 0.3 is 6.03 Å². The fraction of sp³-hybridized carbons (Fsp3) is 0.219. The van der Waals surface area contributed by atoms with Crippen LogP contribution < -0.4 is 14.8 Å². The average molecular weight is 550 g/mol. The van der Waals surface area contributed by atoms with Crippen LogP contribution in [0.2, 0.25) is 0 Å². The summed E-state index contributed by atoms with van der Waals surface area (Å²) in [5, 5.41) is 12.0. The summed E-state index contributed by atoms with van der Waals surface area (Å²) >= 11 is 0. The van der Waals surface area contributed by atoms with E-state index in [2.05, 4.69) is 16.0 Å². The first-order chi connectivity index (χ1) is 19.9. The molecular formula is C32H31N5O4. The molecule has 0 bridgehead atoms. The second-order valence-corrected chi connectivity index (χ2v) is 9.70. The van der Waals surface area contributed by atoms with Gasteiger partial charge in [0.2, 0.25) is 0 Å².